The highest BCUT2D eigenvalue weighted by Gasteiger charge is 2.29. The number of carbonyl (C=O) groups is 1. The zero-order valence-corrected chi connectivity index (χ0v) is 10.9. The highest BCUT2D eigenvalue weighted by Crippen LogP contribution is 2.29. The van der Waals surface area contributed by atoms with Crippen LogP contribution in [0.4, 0.5) is 0 Å². The van der Waals surface area contributed by atoms with Gasteiger partial charge < -0.3 is 9.84 Å². The van der Waals surface area contributed by atoms with E-state index in [1.165, 1.54) is 0 Å². The molecule has 1 saturated heterocycles. The normalized spacial score (nSPS) is 25.0. The monoisotopic (exact) mass is 269 g/mol. The van der Waals surface area contributed by atoms with Crippen LogP contribution in [0.15, 0.2) is 24.3 Å². The van der Waals surface area contributed by atoms with Gasteiger partial charge in [0.15, 0.2) is 0 Å². The number of nitrogens with zero attached hydrogens (tertiary/aromatic N) is 1. The summed E-state index contributed by atoms with van der Waals surface area (Å²) in [5.41, 5.74) is 0.918. The van der Waals surface area contributed by atoms with E-state index >= 15 is 0 Å². The van der Waals surface area contributed by atoms with Crippen molar-refractivity contribution in [2.75, 3.05) is 19.7 Å². The Hall–Kier alpha value is -1.10. The molecule has 1 fully saturated rings. The van der Waals surface area contributed by atoms with Gasteiger partial charge in [-0.3, -0.25) is 9.69 Å². The average molecular weight is 270 g/mol. The van der Waals surface area contributed by atoms with E-state index in [4.69, 9.17) is 21.4 Å². The van der Waals surface area contributed by atoms with E-state index in [1.807, 2.05) is 36.1 Å². The summed E-state index contributed by atoms with van der Waals surface area (Å²) in [5, 5.41) is 9.55. The Morgan fingerprint density at radius 1 is 1.56 bits per heavy atom. The van der Waals surface area contributed by atoms with Crippen LogP contribution in [0.25, 0.3) is 0 Å². The molecule has 1 heterocycles. The lowest BCUT2D eigenvalue weighted by Crippen LogP contribution is -2.47. The minimum Gasteiger partial charge on any atom is -0.480 e. The van der Waals surface area contributed by atoms with Gasteiger partial charge in [0.2, 0.25) is 0 Å². The predicted molar refractivity (Wildman–Crippen MR) is 68.8 cm³/mol. The molecule has 1 aliphatic rings. The van der Waals surface area contributed by atoms with Crippen LogP contribution in [-0.4, -0.2) is 41.7 Å². The average Bonchev–Trinajstić information content (AvgIpc) is 2.32. The molecule has 5 heteroatoms. The van der Waals surface area contributed by atoms with Gasteiger partial charge in [0, 0.05) is 23.2 Å². The fourth-order valence-electron chi connectivity index (χ4n) is 2.12. The summed E-state index contributed by atoms with van der Waals surface area (Å²) in [6.45, 7) is 3.07. The van der Waals surface area contributed by atoms with E-state index in [2.05, 4.69) is 0 Å². The number of morpholine rings is 1. The number of carboxylic acid groups (broad SMARTS) is 1. The molecule has 98 valence electrons. The Labute approximate surface area is 111 Å². The van der Waals surface area contributed by atoms with Crippen LogP contribution in [0.3, 0.4) is 0 Å². The molecule has 1 aromatic rings. The molecule has 2 rings (SSSR count). The van der Waals surface area contributed by atoms with Gasteiger partial charge in [-0.05, 0) is 13.0 Å². The van der Waals surface area contributed by atoms with Gasteiger partial charge in [0.25, 0.3) is 0 Å². The molecule has 0 radical (unpaired) electrons. The lowest BCUT2D eigenvalue weighted by Gasteiger charge is -2.37. The second-order valence-corrected chi connectivity index (χ2v) is 4.92. The minimum atomic E-state index is -0.818. The number of hydrogen-bond acceptors (Lipinski definition) is 3. The topological polar surface area (TPSA) is 49.8 Å². The largest absolute Gasteiger partial charge is 0.480 e. The summed E-state index contributed by atoms with van der Waals surface area (Å²) in [7, 11) is 0. The van der Waals surface area contributed by atoms with Gasteiger partial charge in [-0.25, -0.2) is 0 Å². The van der Waals surface area contributed by atoms with Crippen molar-refractivity contribution >= 4 is 17.6 Å². The fourth-order valence-corrected chi connectivity index (χ4v) is 2.38. The van der Waals surface area contributed by atoms with Crippen LogP contribution in [0.2, 0.25) is 5.02 Å². The van der Waals surface area contributed by atoms with E-state index in [0.29, 0.717) is 18.2 Å². The zero-order valence-electron chi connectivity index (χ0n) is 10.2. The Kier molecular flexibility index (Phi) is 4.22. The van der Waals surface area contributed by atoms with Crippen LogP contribution >= 0.6 is 11.6 Å². The number of hydrogen-bond donors (Lipinski definition) is 1. The summed E-state index contributed by atoms with van der Waals surface area (Å²) in [6, 6.07) is 7.62. The first-order chi connectivity index (χ1) is 8.58. The van der Waals surface area contributed by atoms with Crippen molar-refractivity contribution in [3.8, 4) is 0 Å². The fraction of sp³-hybridized carbons (Fsp3) is 0.462. The van der Waals surface area contributed by atoms with Gasteiger partial charge in [-0.2, -0.15) is 0 Å². The van der Waals surface area contributed by atoms with Gasteiger partial charge in [0.1, 0.15) is 0 Å². The lowest BCUT2D eigenvalue weighted by molar-refractivity contribution is -0.142. The Morgan fingerprint density at radius 2 is 2.28 bits per heavy atom. The molecule has 0 saturated carbocycles. The van der Waals surface area contributed by atoms with E-state index in [0.717, 1.165) is 5.56 Å². The zero-order chi connectivity index (χ0) is 13.1. The SMILES string of the molecule is CC1COC(c2ccccc2Cl)CN1CC(=O)O. The Morgan fingerprint density at radius 3 is 2.94 bits per heavy atom. The third kappa shape index (κ3) is 3.02. The molecule has 0 aliphatic carbocycles. The maximum atomic E-state index is 10.8. The van der Waals surface area contributed by atoms with E-state index in [9.17, 15) is 4.79 Å². The highest BCUT2D eigenvalue weighted by molar-refractivity contribution is 6.31. The number of rotatable bonds is 3. The number of aliphatic carboxylic acids is 1. The van der Waals surface area contributed by atoms with Crippen LogP contribution in [-0.2, 0) is 9.53 Å². The second kappa shape index (κ2) is 5.69. The molecular formula is C13H16ClNO3. The molecular weight excluding hydrogens is 254 g/mol. The quantitative estimate of drug-likeness (QED) is 0.914. The summed E-state index contributed by atoms with van der Waals surface area (Å²) < 4.78 is 5.75. The number of carboxylic acids is 1. The molecule has 2 atom stereocenters. The van der Waals surface area contributed by atoms with Crippen LogP contribution in [0.1, 0.15) is 18.6 Å². The first kappa shape index (κ1) is 13.3. The van der Waals surface area contributed by atoms with Crippen LogP contribution < -0.4 is 0 Å². The third-order valence-corrected chi connectivity index (χ3v) is 3.50. The standard InChI is InChI=1S/C13H16ClNO3/c1-9-8-18-12(6-15(9)7-13(16)17)10-4-2-3-5-11(10)14/h2-5,9,12H,6-8H2,1H3,(H,16,17). The molecule has 18 heavy (non-hydrogen) atoms. The van der Waals surface area contributed by atoms with Gasteiger partial charge in [-0.1, -0.05) is 29.8 Å². The van der Waals surface area contributed by atoms with Crippen molar-refractivity contribution in [1.82, 2.24) is 4.90 Å². The van der Waals surface area contributed by atoms with Gasteiger partial charge in [0.05, 0.1) is 19.3 Å². The lowest BCUT2D eigenvalue weighted by atomic mass is 10.1. The molecule has 0 amide bonds. The molecule has 0 spiro atoms. The molecule has 0 aromatic heterocycles. The minimum absolute atomic E-state index is 0.0332. The maximum Gasteiger partial charge on any atom is 0.317 e. The van der Waals surface area contributed by atoms with Gasteiger partial charge >= 0.3 is 5.97 Å². The molecule has 1 aromatic carbocycles. The van der Waals surface area contributed by atoms with Gasteiger partial charge in [-0.15, -0.1) is 0 Å². The van der Waals surface area contributed by atoms with Crippen molar-refractivity contribution in [2.24, 2.45) is 0 Å². The third-order valence-electron chi connectivity index (χ3n) is 3.15. The van der Waals surface area contributed by atoms with Crippen molar-refractivity contribution in [1.29, 1.82) is 0 Å². The van der Waals surface area contributed by atoms with Crippen molar-refractivity contribution in [2.45, 2.75) is 19.1 Å². The highest BCUT2D eigenvalue weighted by atomic mass is 35.5. The Balaban J connectivity index is 2.12. The molecule has 1 aliphatic heterocycles. The first-order valence-electron chi connectivity index (χ1n) is 5.90. The summed E-state index contributed by atoms with van der Waals surface area (Å²) >= 11 is 6.13. The number of halogens is 1. The Bertz CT molecular complexity index is 438. The summed E-state index contributed by atoms with van der Waals surface area (Å²) in [5.74, 6) is -0.818. The van der Waals surface area contributed by atoms with Crippen LogP contribution in [0.5, 0.6) is 0 Å². The van der Waals surface area contributed by atoms with E-state index in [1.54, 1.807) is 0 Å². The van der Waals surface area contributed by atoms with E-state index < -0.39 is 5.97 Å². The molecule has 4 nitrogen and oxygen atoms in total. The van der Waals surface area contributed by atoms with Crippen molar-refractivity contribution in [3.63, 3.8) is 0 Å². The number of ether oxygens (including phenoxy) is 1. The molecule has 2 unspecified atom stereocenters. The first-order valence-corrected chi connectivity index (χ1v) is 6.27. The maximum absolute atomic E-state index is 10.8. The summed E-state index contributed by atoms with van der Waals surface area (Å²) in [4.78, 5) is 12.7. The predicted octanol–water partition coefficient (Wildman–Crippen LogP) is 2.19. The molecule has 0 bridgehead atoms. The number of benzene rings is 1. The van der Waals surface area contributed by atoms with Crippen molar-refractivity contribution in [3.05, 3.63) is 34.9 Å². The second-order valence-electron chi connectivity index (χ2n) is 4.52. The van der Waals surface area contributed by atoms with Crippen molar-refractivity contribution < 1.29 is 14.6 Å². The van der Waals surface area contributed by atoms with E-state index in [-0.39, 0.29) is 18.7 Å². The molecule has 1 N–H and O–H groups in total. The van der Waals surface area contributed by atoms with Crippen LogP contribution in [0, 0.1) is 0 Å². The summed E-state index contributed by atoms with van der Waals surface area (Å²) in [6.07, 6.45) is -0.158. The smallest absolute Gasteiger partial charge is 0.317 e.